The summed E-state index contributed by atoms with van der Waals surface area (Å²) in [6.45, 7) is 0. The van der Waals surface area contributed by atoms with Crippen LogP contribution < -0.4 is 10.6 Å². The van der Waals surface area contributed by atoms with Gasteiger partial charge in [0.05, 0.1) is 22.6 Å². The zero-order valence-electron chi connectivity index (χ0n) is 9.19. The third-order valence-electron chi connectivity index (χ3n) is 2.37. The number of halogens is 2. The Labute approximate surface area is 104 Å². The topological polar surface area (TPSA) is 42.2 Å². The first kappa shape index (κ1) is 11.7. The Kier molecular flexibility index (Phi) is 3.15. The van der Waals surface area contributed by atoms with E-state index in [2.05, 4.69) is 4.98 Å². The van der Waals surface area contributed by atoms with Crippen molar-refractivity contribution >= 4 is 28.8 Å². The van der Waals surface area contributed by atoms with E-state index in [1.165, 1.54) is 12.3 Å². The smallest absolute Gasteiger partial charge is 0.151 e. The number of rotatable bonds is 2. The molecular weight excluding hydrogens is 241 g/mol. The van der Waals surface area contributed by atoms with Gasteiger partial charge in [-0.1, -0.05) is 23.7 Å². The number of hydrogen-bond acceptors (Lipinski definition) is 3. The Balaban J connectivity index is 2.44. The molecule has 0 amide bonds. The summed E-state index contributed by atoms with van der Waals surface area (Å²) in [5.41, 5.74) is 6.44. The first-order valence-electron chi connectivity index (χ1n) is 4.99. The molecule has 0 radical (unpaired) electrons. The molecule has 0 fully saturated rings. The van der Waals surface area contributed by atoms with Gasteiger partial charge in [0, 0.05) is 7.05 Å². The number of hydrogen-bond donors (Lipinski definition) is 1. The van der Waals surface area contributed by atoms with Gasteiger partial charge in [0.2, 0.25) is 0 Å². The molecule has 0 aliphatic carbocycles. The summed E-state index contributed by atoms with van der Waals surface area (Å²) in [5.74, 6) is 0.135. The van der Waals surface area contributed by atoms with Crippen molar-refractivity contribution in [2.75, 3.05) is 17.7 Å². The van der Waals surface area contributed by atoms with E-state index < -0.39 is 0 Å². The minimum atomic E-state index is -0.329. The van der Waals surface area contributed by atoms with E-state index in [0.717, 1.165) is 0 Å². The maximum absolute atomic E-state index is 13.6. The monoisotopic (exact) mass is 251 g/mol. The minimum absolute atomic E-state index is 0.329. The van der Waals surface area contributed by atoms with E-state index in [4.69, 9.17) is 17.3 Å². The van der Waals surface area contributed by atoms with Gasteiger partial charge in [-0.3, -0.25) is 0 Å². The normalized spacial score (nSPS) is 10.3. The minimum Gasteiger partial charge on any atom is -0.397 e. The Morgan fingerprint density at radius 3 is 2.71 bits per heavy atom. The van der Waals surface area contributed by atoms with E-state index in [9.17, 15) is 4.39 Å². The highest BCUT2D eigenvalue weighted by Crippen LogP contribution is 2.30. The van der Waals surface area contributed by atoms with E-state index in [-0.39, 0.29) is 5.82 Å². The first-order chi connectivity index (χ1) is 8.09. The largest absolute Gasteiger partial charge is 0.397 e. The number of pyridine rings is 1. The molecule has 0 atom stereocenters. The predicted molar refractivity (Wildman–Crippen MR) is 68.1 cm³/mol. The van der Waals surface area contributed by atoms with Gasteiger partial charge in [0.25, 0.3) is 0 Å². The maximum Gasteiger partial charge on any atom is 0.151 e. The molecule has 0 spiro atoms. The van der Waals surface area contributed by atoms with E-state index >= 15 is 0 Å². The molecule has 1 aromatic heterocycles. The van der Waals surface area contributed by atoms with Crippen LogP contribution in [0.5, 0.6) is 0 Å². The number of anilines is 3. The van der Waals surface area contributed by atoms with Crippen molar-refractivity contribution in [1.82, 2.24) is 4.98 Å². The molecule has 1 aromatic carbocycles. The highest BCUT2D eigenvalue weighted by molar-refractivity contribution is 6.33. The molecule has 0 saturated heterocycles. The second-order valence-electron chi connectivity index (χ2n) is 3.58. The van der Waals surface area contributed by atoms with Crippen molar-refractivity contribution in [2.24, 2.45) is 0 Å². The van der Waals surface area contributed by atoms with Crippen LogP contribution in [0.3, 0.4) is 0 Å². The summed E-state index contributed by atoms with van der Waals surface area (Å²) in [4.78, 5) is 5.68. The Morgan fingerprint density at radius 2 is 2.06 bits per heavy atom. The number of para-hydroxylation sites is 1. The Bertz CT molecular complexity index is 545. The van der Waals surface area contributed by atoms with Crippen molar-refractivity contribution in [3.8, 4) is 0 Å². The number of aromatic nitrogens is 1. The van der Waals surface area contributed by atoms with Crippen molar-refractivity contribution in [1.29, 1.82) is 0 Å². The molecule has 0 bridgehead atoms. The van der Waals surface area contributed by atoms with Crippen LogP contribution in [0.2, 0.25) is 5.02 Å². The molecule has 2 N–H and O–H groups in total. The summed E-state index contributed by atoms with van der Waals surface area (Å²) in [6.07, 6.45) is 1.48. The van der Waals surface area contributed by atoms with Crippen molar-refractivity contribution in [3.05, 3.63) is 47.4 Å². The molecule has 3 nitrogen and oxygen atoms in total. The van der Waals surface area contributed by atoms with E-state index in [1.54, 1.807) is 36.2 Å². The van der Waals surface area contributed by atoms with Crippen LogP contribution in [0.25, 0.3) is 0 Å². The van der Waals surface area contributed by atoms with Crippen LogP contribution >= 0.6 is 11.6 Å². The van der Waals surface area contributed by atoms with Crippen LogP contribution in [-0.2, 0) is 0 Å². The van der Waals surface area contributed by atoms with Crippen LogP contribution in [0.15, 0.2) is 36.5 Å². The van der Waals surface area contributed by atoms with E-state index in [1.807, 2.05) is 0 Å². The highest BCUT2D eigenvalue weighted by atomic mass is 35.5. The summed E-state index contributed by atoms with van der Waals surface area (Å²) < 4.78 is 13.6. The third-order valence-corrected chi connectivity index (χ3v) is 2.65. The van der Waals surface area contributed by atoms with Gasteiger partial charge in [0.1, 0.15) is 5.82 Å². The zero-order chi connectivity index (χ0) is 12.4. The Hall–Kier alpha value is -1.81. The van der Waals surface area contributed by atoms with Crippen LogP contribution in [-0.4, -0.2) is 12.0 Å². The highest BCUT2D eigenvalue weighted by Gasteiger charge is 2.13. The number of benzene rings is 1. The lowest BCUT2D eigenvalue weighted by atomic mass is 10.2. The standard InChI is InChI=1S/C12H11ClFN3/c1-17(11-5-3-2-4-10(11)14)12-9(13)6-8(15)7-16-12/h2-7H,15H2,1H3. The average Bonchev–Trinajstić information content (AvgIpc) is 2.29. The van der Waals surface area contributed by atoms with Crippen LogP contribution in [0.1, 0.15) is 0 Å². The molecule has 0 aliphatic heterocycles. The lowest BCUT2D eigenvalue weighted by Gasteiger charge is -2.20. The quantitative estimate of drug-likeness (QED) is 0.891. The van der Waals surface area contributed by atoms with Gasteiger partial charge in [-0.15, -0.1) is 0 Å². The maximum atomic E-state index is 13.6. The van der Waals surface area contributed by atoms with Crippen molar-refractivity contribution in [3.63, 3.8) is 0 Å². The second-order valence-corrected chi connectivity index (χ2v) is 3.99. The number of nitrogens with zero attached hydrogens (tertiary/aromatic N) is 2. The summed E-state index contributed by atoms with van der Waals surface area (Å²) in [7, 11) is 1.70. The number of nitrogen functional groups attached to an aromatic ring is 1. The van der Waals surface area contributed by atoms with Crippen LogP contribution in [0.4, 0.5) is 21.6 Å². The molecule has 88 valence electrons. The van der Waals surface area contributed by atoms with Crippen LogP contribution in [0, 0.1) is 5.82 Å². The van der Waals surface area contributed by atoms with Crippen molar-refractivity contribution in [2.45, 2.75) is 0 Å². The van der Waals surface area contributed by atoms with Gasteiger partial charge in [0.15, 0.2) is 5.82 Å². The van der Waals surface area contributed by atoms with E-state index in [0.29, 0.717) is 22.2 Å². The summed E-state index contributed by atoms with van der Waals surface area (Å²) in [5, 5.41) is 0.385. The molecule has 17 heavy (non-hydrogen) atoms. The Morgan fingerprint density at radius 1 is 1.35 bits per heavy atom. The number of nitrogens with two attached hydrogens (primary N) is 1. The van der Waals surface area contributed by atoms with Gasteiger partial charge >= 0.3 is 0 Å². The molecule has 0 saturated carbocycles. The predicted octanol–water partition coefficient (Wildman–Crippen LogP) is 3.22. The summed E-state index contributed by atoms with van der Waals surface area (Å²) >= 11 is 6.02. The molecule has 2 rings (SSSR count). The lowest BCUT2D eigenvalue weighted by molar-refractivity contribution is 0.627. The average molecular weight is 252 g/mol. The van der Waals surface area contributed by atoms with Gasteiger partial charge in [-0.25, -0.2) is 9.37 Å². The fourth-order valence-electron chi connectivity index (χ4n) is 1.53. The third kappa shape index (κ3) is 2.31. The van der Waals surface area contributed by atoms with Crippen molar-refractivity contribution < 1.29 is 4.39 Å². The molecule has 1 heterocycles. The lowest BCUT2D eigenvalue weighted by Crippen LogP contribution is -2.13. The molecule has 2 aromatic rings. The van der Waals surface area contributed by atoms with Gasteiger partial charge in [-0.2, -0.15) is 0 Å². The zero-order valence-corrected chi connectivity index (χ0v) is 9.95. The molecule has 0 aliphatic rings. The fraction of sp³-hybridized carbons (Fsp3) is 0.0833. The summed E-state index contributed by atoms with van der Waals surface area (Å²) in [6, 6.07) is 8.01. The SMILES string of the molecule is CN(c1ccccc1F)c1ncc(N)cc1Cl. The second kappa shape index (κ2) is 4.59. The first-order valence-corrected chi connectivity index (χ1v) is 5.36. The fourth-order valence-corrected chi connectivity index (χ4v) is 1.83. The van der Waals surface area contributed by atoms with Gasteiger partial charge in [-0.05, 0) is 18.2 Å². The van der Waals surface area contributed by atoms with Gasteiger partial charge < -0.3 is 10.6 Å². The molecular formula is C12H11ClFN3. The molecule has 5 heteroatoms. The molecule has 0 unspecified atom stereocenters.